The monoisotopic (exact) mass is 234 g/mol. The summed E-state index contributed by atoms with van der Waals surface area (Å²) in [5.41, 5.74) is 5.04. The molecule has 1 aliphatic heterocycles. The van der Waals surface area contributed by atoms with Gasteiger partial charge in [-0.1, -0.05) is 12.2 Å². The molecule has 5 nitrogen and oxygen atoms in total. The summed E-state index contributed by atoms with van der Waals surface area (Å²) in [7, 11) is 0. The number of amides is 3. The summed E-state index contributed by atoms with van der Waals surface area (Å²) in [4.78, 5) is 36.2. The van der Waals surface area contributed by atoms with Gasteiger partial charge in [-0.25, -0.2) is 0 Å². The van der Waals surface area contributed by atoms with Gasteiger partial charge >= 0.3 is 0 Å². The SMILES string of the molecule is NC(=O)CCN1C(=O)[C@@H]2[C@H](C1=O)[C@@H]1C=C[C@H]2C1. The van der Waals surface area contributed by atoms with Crippen molar-refractivity contribution in [2.24, 2.45) is 29.4 Å². The van der Waals surface area contributed by atoms with Gasteiger partial charge in [-0.05, 0) is 18.3 Å². The van der Waals surface area contributed by atoms with Gasteiger partial charge in [0.1, 0.15) is 0 Å². The van der Waals surface area contributed by atoms with Crippen LogP contribution in [0.15, 0.2) is 12.2 Å². The second-order valence-electron chi connectivity index (χ2n) is 5.04. The number of allylic oxidation sites excluding steroid dienone is 2. The van der Waals surface area contributed by atoms with Crippen molar-refractivity contribution in [1.82, 2.24) is 4.90 Å². The molecule has 3 aliphatic rings. The van der Waals surface area contributed by atoms with Crippen LogP contribution >= 0.6 is 0 Å². The van der Waals surface area contributed by atoms with E-state index in [9.17, 15) is 14.4 Å². The highest BCUT2D eigenvalue weighted by Crippen LogP contribution is 2.52. The van der Waals surface area contributed by atoms with Crippen molar-refractivity contribution in [2.45, 2.75) is 12.8 Å². The lowest BCUT2D eigenvalue weighted by atomic mass is 9.85. The van der Waals surface area contributed by atoms with Crippen molar-refractivity contribution in [1.29, 1.82) is 0 Å². The van der Waals surface area contributed by atoms with Gasteiger partial charge in [-0.15, -0.1) is 0 Å². The molecule has 1 saturated carbocycles. The lowest BCUT2D eigenvalue weighted by molar-refractivity contribution is -0.140. The minimum absolute atomic E-state index is 0.0552. The third-order valence-electron chi connectivity index (χ3n) is 4.14. The molecule has 2 aliphatic carbocycles. The molecule has 90 valence electrons. The topological polar surface area (TPSA) is 80.5 Å². The number of nitrogens with zero attached hydrogens (tertiary/aromatic N) is 1. The van der Waals surface area contributed by atoms with E-state index in [0.717, 1.165) is 6.42 Å². The van der Waals surface area contributed by atoms with Crippen molar-refractivity contribution in [2.75, 3.05) is 6.54 Å². The fraction of sp³-hybridized carbons (Fsp3) is 0.583. The Bertz CT molecular complexity index is 413. The number of carbonyl (C=O) groups is 3. The first-order chi connectivity index (χ1) is 8.09. The van der Waals surface area contributed by atoms with Crippen molar-refractivity contribution < 1.29 is 14.4 Å². The number of hydrogen-bond donors (Lipinski definition) is 1. The molecule has 4 atom stereocenters. The lowest BCUT2D eigenvalue weighted by Crippen LogP contribution is -2.35. The average molecular weight is 234 g/mol. The Hall–Kier alpha value is -1.65. The normalized spacial score (nSPS) is 38.0. The zero-order valence-electron chi connectivity index (χ0n) is 9.33. The number of primary amides is 1. The number of likely N-dealkylation sites (tertiary alicyclic amines) is 1. The number of imide groups is 1. The summed E-state index contributed by atoms with van der Waals surface area (Å²) in [6.07, 6.45) is 5.08. The Kier molecular flexibility index (Phi) is 2.11. The third-order valence-corrected chi connectivity index (χ3v) is 4.14. The van der Waals surface area contributed by atoms with Crippen LogP contribution < -0.4 is 5.73 Å². The molecule has 5 heteroatoms. The second kappa shape index (κ2) is 3.42. The Balaban J connectivity index is 1.80. The van der Waals surface area contributed by atoms with Gasteiger partial charge in [-0.3, -0.25) is 19.3 Å². The van der Waals surface area contributed by atoms with Gasteiger partial charge in [0.05, 0.1) is 11.8 Å². The fourth-order valence-electron chi connectivity index (χ4n) is 3.41. The van der Waals surface area contributed by atoms with E-state index in [0.29, 0.717) is 0 Å². The van der Waals surface area contributed by atoms with Gasteiger partial charge in [0.25, 0.3) is 0 Å². The highest BCUT2D eigenvalue weighted by molar-refractivity contribution is 6.06. The predicted octanol–water partition coefficient (Wildman–Crippen LogP) is -0.331. The molecule has 0 radical (unpaired) electrons. The summed E-state index contributed by atoms with van der Waals surface area (Å²) >= 11 is 0. The number of nitrogens with two attached hydrogens (primary N) is 1. The molecule has 0 aromatic rings. The lowest BCUT2D eigenvalue weighted by Gasteiger charge is -2.15. The molecule has 0 unspecified atom stereocenters. The van der Waals surface area contributed by atoms with Gasteiger partial charge in [0, 0.05) is 13.0 Å². The number of rotatable bonds is 3. The molecule has 3 rings (SSSR count). The largest absolute Gasteiger partial charge is 0.370 e. The molecule has 2 N–H and O–H groups in total. The van der Waals surface area contributed by atoms with Crippen LogP contribution in [0.1, 0.15) is 12.8 Å². The van der Waals surface area contributed by atoms with Crippen LogP contribution in [-0.4, -0.2) is 29.2 Å². The van der Waals surface area contributed by atoms with E-state index in [-0.39, 0.29) is 48.5 Å². The molecule has 1 heterocycles. The van der Waals surface area contributed by atoms with Crippen LogP contribution in [0.25, 0.3) is 0 Å². The number of fused-ring (bicyclic) bond motifs is 5. The highest BCUT2D eigenvalue weighted by atomic mass is 16.2. The van der Waals surface area contributed by atoms with Crippen LogP contribution in [0.2, 0.25) is 0 Å². The summed E-state index contributed by atoms with van der Waals surface area (Å²) < 4.78 is 0. The van der Waals surface area contributed by atoms with Crippen molar-refractivity contribution in [3.63, 3.8) is 0 Å². The quantitative estimate of drug-likeness (QED) is 0.536. The van der Waals surface area contributed by atoms with Gasteiger partial charge < -0.3 is 5.73 Å². The van der Waals surface area contributed by atoms with Crippen LogP contribution in [0, 0.1) is 23.7 Å². The van der Waals surface area contributed by atoms with Crippen molar-refractivity contribution in [3.05, 3.63) is 12.2 Å². The summed E-state index contributed by atoms with van der Waals surface area (Å²) in [5.74, 6) is -0.615. The summed E-state index contributed by atoms with van der Waals surface area (Å²) in [6.45, 7) is 0.138. The van der Waals surface area contributed by atoms with E-state index in [1.807, 2.05) is 0 Å². The van der Waals surface area contributed by atoms with Crippen LogP contribution in [0.5, 0.6) is 0 Å². The van der Waals surface area contributed by atoms with E-state index < -0.39 is 5.91 Å². The predicted molar refractivity (Wildman–Crippen MR) is 58.2 cm³/mol. The van der Waals surface area contributed by atoms with E-state index in [2.05, 4.69) is 12.2 Å². The van der Waals surface area contributed by atoms with E-state index >= 15 is 0 Å². The van der Waals surface area contributed by atoms with Crippen molar-refractivity contribution in [3.8, 4) is 0 Å². The molecule has 3 amide bonds. The molecule has 2 bridgehead atoms. The van der Waals surface area contributed by atoms with Gasteiger partial charge in [-0.2, -0.15) is 0 Å². The third kappa shape index (κ3) is 1.34. The van der Waals surface area contributed by atoms with Crippen LogP contribution in [0.4, 0.5) is 0 Å². The van der Waals surface area contributed by atoms with Crippen LogP contribution in [0.3, 0.4) is 0 Å². The molecule has 17 heavy (non-hydrogen) atoms. The second-order valence-corrected chi connectivity index (χ2v) is 5.04. The number of hydrogen-bond acceptors (Lipinski definition) is 3. The standard InChI is InChI=1S/C12H14N2O3/c13-8(15)3-4-14-11(16)9-6-1-2-7(5-6)10(9)12(14)17/h1-2,6-7,9-10H,3-5H2,(H2,13,15)/t6-,7+,9-,10+. The smallest absolute Gasteiger partial charge is 0.233 e. The number of carbonyl (C=O) groups excluding carboxylic acids is 3. The molecule has 0 aromatic carbocycles. The van der Waals surface area contributed by atoms with E-state index in [4.69, 9.17) is 5.73 Å². The van der Waals surface area contributed by atoms with Crippen molar-refractivity contribution >= 4 is 17.7 Å². The maximum absolute atomic E-state index is 12.1. The maximum atomic E-state index is 12.1. The summed E-state index contributed by atoms with van der Waals surface area (Å²) in [5, 5.41) is 0. The van der Waals surface area contributed by atoms with Gasteiger partial charge in [0.2, 0.25) is 17.7 Å². The molecule has 1 saturated heterocycles. The molecule has 0 aromatic heterocycles. The molecule has 2 fully saturated rings. The fourth-order valence-corrected chi connectivity index (χ4v) is 3.41. The Morgan fingerprint density at radius 1 is 1.24 bits per heavy atom. The Labute approximate surface area is 98.6 Å². The molecule has 0 spiro atoms. The first kappa shape index (κ1) is 10.5. The average Bonchev–Trinajstić information content (AvgIpc) is 2.92. The Morgan fingerprint density at radius 3 is 2.24 bits per heavy atom. The molecular formula is C12H14N2O3. The van der Waals surface area contributed by atoms with Gasteiger partial charge in [0.15, 0.2) is 0 Å². The molecular weight excluding hydrogens is 220 g/mol. The first-order valence-electron chi connectivity index (χ1n) is 5.91. The van der Waals surface area contributed by atoms with Crippen LogP contribution in [-0.2, 0) is 14.4 Å². The Morgan fingerprint density at radius 2 is 1.76 bits per heavy atom. The zero-order valence-corrected chi connectivity index (χ0v) is 9.33. The maximum Gasteiger partial charge on any atom is 0.233 e. The highest BCUT2D eigenvalue weighted by Gasteiger charge is 2.58. The van der Waals surface area contributed by atoms with E-state index in [1.165, 1.54) is 4.90 Å². The summed E-state index contributed by atoms with van der Waals surface area (Å²) in [6, 6.07) is 0. The minimum atomic E-state index is -0.483. The minimum Gasteiger partial charge on any atom is -0.370 e. The zero-order chi connectivity index (χ0) is 12.2. The van der Waals surface area contributed by atoms with E-state index in [1.54, 1.807) is 0 Å². The first-order valence-corrected chi connectivity index (χ1v) is 5.91.